The maximum absolute atomic E-state index is 14.0. The minimum atomic E-state index is -1.24. The van der Waals surface area contributed by atoms with Crippen LogP contribution in [0.25, 0.3) is 11.1 Å². The third kappa shape index (κ3) is 4.91. The number of amides is 1. The predicted octanol–water partition coefficient (Wildman–Crippen LogP) is 1.94. The Labute approximate surface area is 221 Å². The van der Waals surface area contributed by atoms with Crippen LogP contribution in [0.1, 0.15) is 51.9 Å². The third-order valence-electron chi connectivity index (χ3n) is 6.83. The molecular formula is C26H25FN8O4. The molecule has 3 heterocycles. The average Bonchev–Trinajstić information content (AvgIpc) is 3.43. The lowest BCUT2D eigenvalue weighted by Gasteiger charge is -2.42. The number of nitrogens with one attached hydrogen (secondary N) is 2. The quantitative estimate of drug-likeness (QED) is 0.323. The molecule has 200 valence electrons. The zero-order valence-electron chi connectivity index (χ0n) is 21.2. The highest BCUT2D eigenvalue weighted by Gasteiger charge is 2.39. The fraction of sp³-hybridized carbons (Fsp3) is 0.269. The number of hydrogen-bond acceptors (Lipinski definition) is 8. The first kappa shape index (κ1) is 25.9. The molecule has 0 bridgehead atoms. The minimum Gasteiger partial charge on any atom is -0.478 e. The van der Waals surface area contributed by atoms with E-state index in [1.807, 2.05) is 18.7 Å². The number of carbonyl (C=O) groups excluding carboxylic acids is 1. The van der Waals surface area contributed by atoms with Crippen LogP contribution in [-0.2, 0) is 25.2 Å². The van der Waals surface area contributed by atoms with E-state index >= 15 is 0 Å². The molecule has 0 radical (unpaired) electrons. The molecule has 0 unspecified atom stereocenters. The van der Waals surface area contributed by atoms with Crippen LogP contribution in [-0.4, -0.2) is 58.6 Å². The van der Waals surface area contributed by atoms with E-state index in [9.17, 15) is 23.9 Å². The highest BCUT2D eigenvalue weighted by atomic mass is 19.1. The van der Waals surface area contributed by atoms with Crippen molar-refractivity contribution in [1.29, 1.82) is 0 Å². The van der Waals surface area contributed by atoms with Crippen molar-refractivity contribution < 1.29 is 19.1 Å². The molecule has 3 N–H and O–H groups in total. The predicted molar refractivity (Wildman–Crippen MR) is 136 cm³/mol. The molecular weight excluding hydrogens is 507 g/mol. The number of hydrogen-bond donors (Lipinski definition) is 3. The van der Waals surface area contributed by atoms with Crippen LogP contribution in [0, 0.1) is 5.82 Å². The molecule has 1 aliphatic rings. The molecule has 0 atom stereocenters. The Kier molecular flexibility index (Phi) is 6.74. The highest BCUT2D eigenvalue weighted by Crippen LogP contribution is 2.33. The van der Waals surface area contributed by atoms with Gasteiger partial charge in [0.2, 0.25) is 0 Å². The normalized spacial score (nSPS) is 14.5. The van der Waals surface area contributed by atoms with Gasteiger partial charge in [0, 0.05) is 25.2 Å². The minimum absolute atomic E-state index is 0.0482. The van der Waals surface area contributed by atoms with Crippen molar-refractivity contribution >= 4 is 11.9 Å². The molecule has 4 aromatic rings. The molecule has 5 rings (SSSR count). The van der Waals surface area contributed by atoms with Gasteiger partial charge in [-0.3, -0.25) is 19.1 Å². The number of aromatic carboxylic acids is 1. The molecule has 1 amide bonds. The van der Waals surface area contributed by atoms with Crippen molar-refractivity contribution in [3.05, 3.63) is 93.2 Å². The number of carbonyl (C=O) groups is 2. The summed E-state index contributed by atoms with van der Waals surface area (Å²) in [7, 11) is 0. The Morgan fingerprint density at radius 3 is 2.56 bits per heavy atom. The number of halogens is 1. The van der Waals surface area contributed by atoms with Crippen molar-refractivity contribution in [3.8, 4) is 11.1 Å². The fourth-order valence-corrected chi connectivity index (χ4v) is 4.73. The molecule has 1 aliphatic heterocycles. The summed E-state index contributed by atoms with van der Waals surface area (Å²) in [6.45, 7) is 4.82. The van der Waals surface area contributed by atoms with E-state index in [2.05, 4.69) is 25.9 Å². The second-order valence-electron chi connectivity index (χ2n) is 9.58. The number of carboxylic acid groups (broad SMARTS) is 1. The Bertz CT molecular complexity index is 1600. The number of rotatable bonds is 7. The van der Waals surface area contributed by atoms with Gasteiger partial charge in [-0.1, -0.05) is 35.5 Å². The number of aromatic amines is 1. The highest BCUT2D eigenvalue weighted by molar-refractivity contribution is 6.03. The summed E-state index contributed by atoms with van der Waals surface area (Å²) >= 11 is 0. The molecule has 13 heteroatoms. The first-order chi connectivity index (χ1) is 18.7. The second-order valence-corrected chi connectivity index (χ2v) is 9.58. The monoisotopic (exact) mass is 532 g/mol. The van der Waals surface area contributed by atoms with Crippen LogP contribution in [0.3, 0.4) is 0 Å². The first-order valence-electron chi connectivity index (χ1n) is 12.1. The summed E-state index contributed by atoms with van der Waals surface area (Å²) in [5.74, 6) is -1.51. The SMILES string of the molecule is CC1(C)c2nc(C(=O)NCc3ccc(F)cc3)c(-c3ccccc3C(=O)O)c(=O)n2CCN1Cc1nn[nH]n1. The van der Waals surface area contributed by atoms with Gasteiger partial charge in [0.25, 0.3) is 11.5 Å². The average molecular weight is 533 g/mol. The number of benzene rings is 2. The molecule has 0 aliphatic carbocycles. The van der Waals surface area contributed by atoms with Gasteiger partial charge in [0.05, 0.1) is 23.2 Å². The summed E-state index contributed by atoms with van der Waals surface area (Å²) in [5.41, 5.74) is -1.04. The first-order valence-corrected chi connectivity index (χ1v) is 12.1. The van der Waals surface area contributed by atoms with Crippen molar-refractivity contribution in [2.45, 2.75) is 39.0 Å². The number of H-pyrrole nitrogens is 1. The van der Waals surface area contributed by atoms with Crippen molar-refractivity contribution in [2.75, 3.05) is 6.54 Å². The summed E-state index contributed by atoms with van der Waals surface area (Å²) in [5, 5.41) is 26.6. The summed E-state index contributed by atoms with van der Waals surface area (Å²) in [6.07, 6.45) is 0. The second kappa shape index (κ2) is 10.2. The number of fused-ring (bicyclic) bond motifs is 1. The maximum atomic E-state index is 14.0. The molecule has 0 spiro atoms. The van der Waals surface area contributed by atoms with E-state index < -0.39 is 28.8 Å². The molecule has 2 aromatic carbocycles. The van der Waals surface area contributed by atoms with Crippen LogP contribution >= 0.6 is 0 Å². The number of nitrogens with zero attached hydrogens (tertiary/aromatic N) is 6. The zero-order valence-corrected chi connectivity index (χ0v) is 21.2. The number of aromatic nitrogens is 6. The molecule has 0 saturated heterocycles. The lowest BCUT2D eigenvalue weighted by Crippen LogP contribution is -2.52. The van der Waals surface area contributed by atoms with Gasteiger partial charge < -0.3 is 10.4 Å². The zero-order chi connectivity index (χ0) is 27.7. The van der Waals surface area contributed by atoms with Crippen LogP contribution in [0.4, 0.5) is 4.39 Å². The van der Waals surface area contributed by atoms with Gasteiger partial charge in [0.15, 0.2) is 5.82 Å². The van der Waals surface area contributed by atoms with Crippen molar-refractivity contribution in [3.63, 3.8) is 0 Å². The number of carboxylic acids is 1. The third-order valence-corrected chi connectivity index (χ3v) is 6.83. The van der Waals surface area contributed by atoms with E-state index in [4.69, 9.17) is 4.98 Å². The van der Waals surface area contributed by atoms with E-state index in [0.717, 1.165) is 0 Å². The summed E-state index contributed by atoms with van der Waals surface area (Å²) in [6, 6.07) is 11.6. The van der Waals surface area contributed by atoms with E-state index in [1.165, 1.54) is 41.0 Å². The number of tetrazole rings is 1. The topological polar surface area (TPSA) is 159 Å². The van der Waals surface area contributed by atoms with Gasteiger partial charge in [0.1, 0.15) is 17.3 Å². The van der Waals surface area contributed by atoms with Crippen LogP contribution in [0.15, 0.2) is 53.3 Å². The Morgan fingerprint density at radius 1 is 1.13 bits per heavy atom. The van der Waals surface area contributed by atoms with Gasteiger partial charge in [-0.05, 0) is 37.6 Å². The Hall–Kier alpha value is -4.78. The largest absolute Gasteiger partial charge is 0.478 e. The van der Waals surface area contributed by atoms with Gasteiger partial charge in [-0.25, -0.2) is 14.2 Å². The maximum Gasteiger partial charge on any atom is 0.336 e. The van der Waals surface area contributed by atoms with Crippen LogP contribution < -0.4 is 10.9 Å². The standard InChI is InChI=1S/C26H25FN8O4/c1-26(2)25-29-21(22(36)28-13-15-7-9-16(27)10-8-15)20(17-5-3-4-6-18(17)24(38)39)23(37)35(25)12-11-34(26)14-19-30-32-33-31-19/h3-10H,11-14H2,1-2H3,(H,28,36)(H,38,39)(H,30,31,32,33). The summed E-state index contributed by atoms with van der Waals surface area (Å²) < 4.78 is 14.8. The molecule has 0 fully saturated rings. The van der Waals surface area contributed by atoms with Gasteiger partial charge >= 0.3 is 5.97 Å². The lowest BCUT2D eigenvalue weighted by molar-refractivity contribution is 0.0631. The molecule has 0 saturated carbocycles. The van der Waals surface area contributed by atoms with E-state index in [-0.39, 0.29) is 35.5 Å². The van der Waals surface area contributed by atoms with E-state index in [1.54, 1.807) is 12.1 Å². The lowest BCUT2D eigenvalue weighted by atomic mass is 9.95. The molecule has 39 heavy (non-hydrogen) atoms. The van der Waals surface area contributed by atoms with Gasteiger partial charge in [-0.2, -0.15) is 5.21 Å². The Balaban J connectivity index is 1.62. The van der Waals surface area contributed by atoms with E-state index in [0.29, 0.717) is 30.3 Å². The summed E-state index contributed by atoms with van der Waals surface area (Å²) in [4.78, 5) is 46.3. The van der Waals surface area contributed by atoms with Gasteiger partial charge in [-0.15, -0.1) is 10.2 Å². The van der Waals surface area contributed by atoms with Crippen molar-refractivity contribution in [1.82, 2.24) is 40.4 Å². The Morgan fingerprint density at radius 2 is 1.87 bits per heavy atom. The van der Waals surface area contributed by atoms with Crippen LogP contribution in [0.2, 0.25) is 0 Å². The smallest absolute Gasteiger partial charge is 0.336 e. The van der Waals surface area contributed by atoms with Crippen molar-refractivity contribution in [2.24, 2.45) is 0 Å². The fourth-order valence-electron chi connectivity index (χ4n) is 4.73. The molecule has 12 nitrogen and oxygen atoms in total. The van der Waals surface area contributed by atoms with Crippen LogP contribution in [0.5, 0.6) is 0 Å². The molecule has 2 aromatic heterocycles.